The summed E-state index contributed by atoms with van der Waals surface area (Å²) in [7, 11) is -1.56. The summed E-state index contributed by atoms with van der Waals surface area (Å²) < 4.78 is 0. The van der Waals surface area contributed by atoms with Crippen molar-refractivity contribution >= 4 is 27.0 Å². The Bertz CT molecular complexity index is 450. The molecule has 0 nitrogen and oxygen atoms in total. The van der Waals surface area contributed by atoms with Gasteiger partial charge >= 0.3 is 0 Å². The fourth-order valence-electron chi connectivity index (χ4n) is 2.32. The molecule has 0 aliphatic heterocycles. The Morgan fingerprint density at radius 2 is 0.833 bits per heavy atom. The topological polar surface area (TPSA) is 0 Å². The summed E-state index contributed by atoms with van der Waals surface area (Å²) in [6, 6.07) is 18.4. The molecule has 0 fully saturated rings. The molecule has 18 heavy (non-hydrogen) atoms. The number of rotatable bonds is 3. The quantitative estimate of drug-likeness (QED) is 0.750. The normalized spacial score (nSPS) is 14.2. The van der Waals surface area contributed by atoms with Crippen LogP contribution in [0.5, 0.6) is 0 Å². The highest BCUT2D eigenvalue weighted by Gasteiger charge is 2.18. The SMILES string of the molecule is Cc1ccc([SiH](C)[SiH](C)c2ccc(C)cc2)cc1. The van der Waals surface area contributed by atoms with E-state index in [1.807, 2.05) is 0 Å². The zero-order valence-electron chi connectivity index (χ0n) is 11.8. The zero-order chi connectivity index (χ0) is 13.1. The molecule has 2 unspecified atom stereocenters. The van der Waals surface area contributed by atoms with Crippen LogP contribution in [0.4, 0.5) is 0 Å². The maximum atomic E-state index is 2.52. The fourth-order valence-corrected chi connectivity index (χ4v) is 9.87. The second-order valence-electron chi connectivity index (χ2n) is 5.40. The van der Waals surface area contributed by atoms with E-state index in [1.54, 1.807) is 10.4 Å². The molecule has 0 aromatic heterocycles. The number of benzene rings is 2. The lowest BCUT2D eigenvalue weighted by atomic mass is 10.2. The lowest BCUT2D eigenvalue weighted by molar-refractivity contribution is 1.49. The molecule has 94 valence electrons. The van der Waals surface area contributed by atoms with E-state index in [0.717, 1.165) is 0 Å². The first-order valence-corrected chi connectivity index (χ1v) is 12.8. The largest absolute Gasteiger partial charge is 0.0699 e. The van der Waals surface area contributed by atoms with Crippen molar-refractivity contribution in [2.24, 2.45) is 0 Å². The summed E-state index contributed by atoms with van der Waals surface area (Å²) in [6.07, 6.45) is 0. The van der Waals surface area contributed by atoms with Gasteiger partial charge in [0.1, 0.15) is 0 Å². The lowest BCUT2D eigenvalue weighted by Crippen LogP contribution is -2.48. The van der Waals surface area contributed by atoms with Crippen LogP contribution >= 0.6 is 0 Å². The van der Waals surface area contributed by atoms with Crippen LogP contribution < -0.4 is 10.4 Å². The number of hydrogen-bond donors (Lipinski definition) is 0. The predicted molar refractivity (Wildman–Crippen MR) is 87.7 cm³/mol. The summed E-state index contributed by atoms with van der Waals surface area (Å²) in [5, 5.41) is 3.25. The Hall–Kier alpha value is -1.13. The molecule has 0 N–H and O–H groups in total. The molecule has 0 aliphatic carbocycles. The molecular weight excluding hydrogens is 248 g/mol. The third-order valence-electron chi connectivity index (χ3n) is 3.96. The van der Waals surface area contributed by atoms with Gasteiger partial charge in [-0.2, -0.15) is 0 Å². The van der Waals surface area contributed by atoms with Crippen LogP contribution in [0.2, 0.25) is 13.1 Å². The first-order chi connectivity index (χ1) is 8.58. The first-order valence-electron chi connectivity index (χ1n) is 6.71. The van der Waals surface area contributed by atoms with Gasteiger partial charge in [-0.1, -0.05) is 83.1 Å². The smallest absolute Gasteiger partial charge is 0.0635 e. The van der Waals surface area contributed by atoms with Gasteiger partial charge in [-0.05, 0) is 13.8 Å². The van der Waals surface area contributed by atoms with Gasteiger partial charge in [-0.25, -0.2) is 0 Å². The highest BCUT2D eigenvalue weighted by Crippen LogP contribution is 2.00. The maximum Gasteiger partial charge on any atom is 0.0635 e. The lowest BCUT2D eigenvalue weighted by Gasteiger charge is -2.18. The van der Waals surface area contributed by atoms with E-state index in [-0.39, 0.29) is 0 Å². The average molecular weight is 271 g/mol. The number of hydrogen-bond acceptors (Lipinski definition) is 0. The minimum Gasteiger partial charge on any atom is -0.0699 e. The van der Waals surface area contributed by atoms with Gasteiger partial charge in [0.25, 0.3) is 0 Å². The molecule has 0 bridgehead atoms. The van der Waals surface area contributed by atoms with Crippen LogP contribution in [0.1, 0.15) is 11.1 Å². The minimum absolute atomic E-state index is 0.779. The highest BCUT2D eigenvalue weighted by atomic mass is 29.2. The molecule has 0 spiro atoms. The Morgan fingerprint density at radius 1 is 0.556 bits per heavy atom. The van der Waals surface area contributed by atoms with Gasteiger partial charge < -0.3 is 0 Å². The van der Waals surface area contributed by atoms with Crippen molar-refractivity contribution in [1.82, 2.24) is 0 Å². The van der Waals surface area contributed by atoms with Crippen LogP contribution in [0.25, 0.3) is 0 Å². The molecule has 2 heteroatoms. The van der Waals surface area contributed by atoms with E-state index in [0.29, 0.717) is 0 Å². The van der Waals surface area contributed by atoms with Crippen molar-refractivity contribution in [2.45, 2.75) is 26.9 Å². The van der Waals surface area contributed by atoms with Crippen LogP contribution in [-0.2, 0) is 0 Å². The molecule has 0 saturated carbocycles. The Labute approximate surface area is 114 Å². The average Bonchev–Trinajstić information content (AvgIpc) is 2.39. The maximum absolute atomic E-state index is 2.52. The molecule has 0 amide bonds. The van der Waals surface area contributed by atoms with Crippen LogP contribution in [0.15, 0.2) is 48.5 Å². The Balaban J connectivity index is 2.20. The summed E-state index contributed by atoms with van der Waals surface area (Å²) in [6.45, 7) is 9.36. The first kappa shape index (κ1) is 13.3. The zero-order valence-corrected chi connectivity index (χ0v) is 14.1. The predicted octanol–water partition coefficient (Wildman–Crippen LogP) is 2.21. The molecule has 0 aliphatic rings. The fraction of sp³-hybridized carbons (Fsp3) is 0.250. The molecule has 2 aromatic carbocycles. The minimum atomic E-state index is -0.779. The highest BCUT2D eigenvalue weighted by molar-refractivity contribution is 7.32. The van der Waals surface area contributed by atoms with Crippen molar-refractivity contribution in [2.75, 3.05) is 0 Å². The third kappa shape index (κ3) is 3.00. The van der Waals surface area contributed by atoms with E-state index in [4.69, 9.17) is 0 Å². The van der Waals surface area contributed by atoms with E-state index in [2.05, 4.69) is 75.5 Å². The molecule has 0 radical (unpaired) electrons. The van der Waals surface area contributed by atoms with E-state index in [9.17, 15) is 0 Å². The van der Waals surface area contributed by atoms with Crippen LogP contribution in [0.3, 0.4) is 0 Å². The van der Waals surface area contributed by atoms with Gasteiger partial charge in [0.2, 0.25) is 0 Å². The van der Waals surface area contributed by atoms with E-state index < -0.39 is 16.6 Å². The summed E-state index contributed by atoms with van der Waals surface area (Å²) in [5.41, 5.74) is 2.73. The van der Waals surface area contributed by atoms with Gasteiger partial charge in [-0.3, -0.25) is 0 Å². The van der Waals surface area contributed by atoms with Gasteiger partial charge in [0, 0.05) is 0 Å². The van der Waals surface area contributed by atoms with E-state index >= 15 is 0 Å². The summed E-state index contributed by atoms with van der Waals surface area (Å²) >= 11 is 0. The van der Waals surface area contributed by atoms with Gasteiger partial charge in [-0.15, -0.1) is 0 Å². The molecule has 2 rings (SSSR count). The monoisotopic (exact) mass is 270 g/mol. The van der Waals surface area contributed by atoms with Crippen LogP contribution in [0, 0.1) is 13.8 Å². The van der Waals surface area contributed by atoms with Gasteiger partial charge in [0.05, 0.1) is 16.6 Å². The summed E-state index contributed by atoms with van der Waals surface area (Å²) in [4.78, 5) is 0. The Kier molecular flexibility index (Phi) is 4.20. The number of aryl methyl sites for hydroxylation is 2. The molecule has 2 atom stereocenters. The molecule has 0 heterocycles. The van der Waals surface area contributed by atoms with Crippen LogP contribution in [-0.4, -0.2) is 16.6 Å². The second-order valence-corrected chi connectivity index (χ2v) is 15.9. The van der Waals surface area contributed by atoms with Crippen molar-refractivity contribution in [1.29, 1.82) is 0 Å². The van der Waals surface area contributed by atoms with Crippen molar-refractivity contribution in [3.63, 3.8) is 0 Å². The molecular formula is C16H22Si2. The molecule has 0 saturated heterocycles. The van der Waals surface area contributed by atoms with Crippen molar-refractivity contribution in [3.05, 3.63) is 59.7 Å². The van der Waals surface area contributed by atoms with Crippen molar-refractivity contribution < 1.29 is 0 Å². The van der Waals surface area contributed by atoms with Gasteiger partial charge in [0.15, 0.2) is 0 Å². The second kappa shape index (κ2) is 5.68. The van der Waals surface area contributed by atoms with E-state index in [1.165, 1.54) is 11.1 Å². The standard InChI is InChI=1S/C16H22Si2/c1-13-5-9-15(10-6-13)17(3)18(4)16-11-7-14(2)8-12-16/h5-12,17-18H,1-4H3. The summed E-state index contributed by atoms with van der Waals surface area (Å²) in [5.74, 6) is 0. The Morgan fingerprint density at radius 3 is 1.11 bits per heavy atom. The van der Waals surface area contributed by atoms with Crippen molar-refractivity contribution in [3.8, 4) is 0 Å². The third-order valence-corrected chi connectivity index (χ3v) is 15.1. The molecule has 2 aromatic rings.